The maximum atomic E-state index is 9.37. The molecule has 1 aromatic rings. The lowest BCUT2D eigenvalue weighted by Crippen LogP contribution is -2.15. The van der Waals surface area contributed by atoms with Gasteiger partial charge in [0.1, 0.15) is 11.9 Å². The number of anilines is 1. The topological polar surface area (TPSA) is 48.7 Å². The molecule has 1 N–H and O–H groups in total. The van der Waals surface area contributed by atoms with Crippen LogP contribution >= 0.6 is 0 Å². The predicted octanol–water partition coefficient (Wildman–Crippen LogP) is 2.90. The van der Waals surface area contributed by atoms with Crippen LogP contribution in [0, 0.1) is 35.0 Å². The van der Waals surface area contributed by atoms with Gasteiger partial charge in [-0.1, -0.05) is 0 Å². The standard InChI is InChI=1S/C17H19N3/c18-8-12-6-9-2-1-3-13(9)19-17(12)20-16-14-10-4-5-11(7-10)15(14)16/h6,10-11,14-16H,1-5,7H2,(H,19,20). The van der Waals surface area contributed by atoms with Crippen LogP contribution in [-0.4, -0.2) is 11.0 Å². The smallest absolute Gasteiger partial charge is 0.144 e. The Hall–Kier alpha value is -1.56. The predicted molar refractivity (Wildman–Crippen MR) is 76.2 cm³/mol. The van der Waals surface area contributed by atoms with Crippen molar-refractivity contribution in [3.8, 4) is 6.07 Å². The second-order valence-electron chi connectivity index (χ2n) is 7.11. The van der Waals surface area contributed by atoms with Gasteiger partial charge in [0.2, 0.25) is 0 Å². The Balaban J connectivity index is 1.44. The summed E-state index contributed by atoms with van der Waals surface area (Å²) in [5.74, 6) is 4.56. The molecule has 0 spiro atoms. The minimum Gasteiger partial charge on any atom is -0.366 e. The average molecular weight is 265 g/mol. The van der Waals surface area contributed by atoms with Crippen LogP contribution in [0.1, 0.15) is 42.5 Å². The molecule has 0 radical (unpaired) electrons. The second-order valence-corrected chi connectivity index (χ2v) is 7.11. The van der Waals surface area contributed by atoms with Gasteiger partial charge in [0.15, 0.2) is 0 Å². The number of nitrogens with one attached hydrogen (secondary N) is 1. The first kappa shape index (κ1) is 11.1. The van der Waals surface area contributed by atoms with E-state index in [2.05, 4.69) is 17.5 Å². The summed E-state index contributed by atoms with van der Waals surface area (Å²) in [5.41, 5.74) is 3.27. The third-order valence-electron chi connectivity index (χ3n) is 6.21. The van der Waals surface area contributed by atoms with Gasteiger partial charge in [-0.3, -0.25) is 0 Å². The Labute approximate surface area is 119 Å². The van der Waals surface area contributed by atoms with E-state index >= 15 is 0 Å². The fourth-order valence-electron chi connectivity index (χ4n) is 5.34. The Morgan fingerprint density at radius 1 is 1.20 bits per heavy atom. The maximum absolute atomic E-state index is 9.37. The van der Waals surface area contributed by atoms with Crippen molar-refractivity contribution in [1.82, 2.24) is 4.98 Å². The molecule has 4 aliphatic carbocycles. The fourth-order valence-corrected chi connectivity index (χ4v) is 5.34. The highest BCUT2D eigenvalue weighted by Crippen LogP contribution is 2.66. The van der Waals surface area contributed by atoms with E-state index in [0.717, 1.165) is 47.9 Å². The van der Waals surface area contributed by atoms with Gasteiger partial charge in [-0.05, 0) is 73.8 Å². The SMILES string of the molecule is N#Cc1cc2c(nc1NC1C3C4CCC(C4)C13)CCC2. The van der Waals surface area contributed by atoms with Crippen molar-refractivity contribution < 1.29 is 0 Å². The highest BCUT2D eigenvalue weighted by molar-refractivity contribution is 5.56. The zero-order valence-electron chi connectivity index (χ0n) is 11.6. The number of aromatic nitrogens is 1. The molecule has 102 valence electrons. The van der Waals surface area contributed by atoms with E-state index in [9.17, 15) is 5.26 Å². The van der Waals surface area contributed by atoms with Gasteiger partial charge >= 0.3 is 0 Å². The fraction of sp³-hybridized carbons (Fsp3) is 0.647. The molecule has 2 bridgehead atoms. The molecule has 5 rings (SSSR count). The van der Waals surface area contributed by atoms with Crippen molar-refractivity contribution >= 4 is 5.82 Å². The summed E-state index contributed by atoms with van der Waals surface area (Å²) in [6.07, 6.45) is 7.71. The molecule has 4 aliphatic rings. The molecule has 0 aliphatic heterocycles. The molecule has 4 atom stereocenters. The number of pyridine rings is 1. The van der Waals surface area contributed by atoms with E-state index in [0.29, 0.717) is 6.04 Å². The largest absolute Gasteiger partial charge is 0.366 e. The van der Waals surface area contributed by atoms with Crippen LogP contribution in [0.3, 0.4) is 0 Å². The van der Waals surface area contributed by atoms with Crippen LogP contribution in [0.4, 0.5) is 5.82 Å². The van der Waals surface area contributed by atoms with E-state index in [1.165, 1.54) is 36.9 Å². The highest BCUT2D eigenvalue weighted by atomic mass is 15.1. The van der Waals surface area contributed by atoms with Crippen molar-refractivity contribution in [2.24, 2.45) is 23.7 Å². The van der Waals surface area contributed by atoms with Gasteiger partial charge in [-0.2, -0.15) is 5.26 Å². The zero-order chi connectivity index (χ0) is 13.3. The first-order valence-electron chi connectivity index (χ1n) is 8.04. The quantitative estimate of drug-likeness (QED) is 0.894. The van der Waals surface area contributed by atoms with Gasteiger partial charge in [0.05, 0.1) is 5.56 Å². The summed E-state index contributed by atoms with van der Waals surface area (Å²) < 4.78 is 0. The van der Waals surface area contributed by atoms with E-state index in [-0.39, 0.29) is 0 Å². The normalized spacial score (nSPS) is 39.2. The average Bonchev–Trinajstić information content (AvgIpc) is 2.90. The number of aryl methyl sites for hydroxylation is 2. The number of fused-ring (bicyclic) bond motifs is 6. The number of nitrogens with zero attached hydrogens (tertiary/aromatic N) is 2. The van der Waals surface area contributed by atoms with Crippen LogP contribution in [0.15, 0.2) is 6.07 Å². The van der Waals surface area contributed by atoms with Gasteiger partial charge in [-0.15, -0.1) is 0 Å². The van der Waals surface area contributed by atoms with Crippen molar-refractivity contribution in [1.29, 1.82) is 5.26 Å². The summed E-state index contributed by atoms with van der Waals surface area (Å²) in [6, 6.07) is 5.02. The van der Waals surface area contributed by atoms with Crippen molar-refractivity contribution in [3.05, 3.63) is 22.9 Å². The maximum Gasteiger partial charge on any atom is 0.144 e. The second kappa shape index (κ2) is 3.75. The first-order chi connectivity index (χ1) is 9.85. The van der Waals surface area contributed by atoms with E-state index in [4.69, 9.17) is 4.98 Å². The lowest BCUT2D eigenvalue weighted by atomic mass is 10.0. The lowest BCUT2D eigenvalue weighted by molar-refractivity contribution is 0.456. The molecule has 1 aromatic heterocycles. The minimum atomic E-state index is 0.611. The third-order valence-corrected chi connectivity index (χ3v) is 6.21. The van der Waals surface area contributed by atoms with Crippen LogP contribution in [0.2, 0.25) is 0 Å². The van der Waals surface area contributed by atoms with Crippen LogP contribution in [0.5, 0.6) is 0 Å². The number of hydrogen-bond acceptors (Lipinski definition) is 3. The molecule has 20 heavy (non-hydrogen) atoms. The van der Waals surface area contributed by atoms with Gasteiger partial charge in [0.25, 0.3) is 0 Å². The van der Waals surface area contributed by atoms with Crippen molar-refractivity contribution in [3.63, 3.8) is 0 Å². The monoisotopic (exact) mass is 265 g/mol. The number of nitriles is 1. The molecule has 1 heterocycles. The number of hydrogen-bond donors (Lipinski definition) is 1. The molecule has 3 saturated carbocycles. The van der Waals surface area contributed by atoms with E-state index in [1.807, 2.05) is 0 Å². The van der Waals surface area contributed by atoms with Gasteiger partial charge < -0.3 is 5.32 Å². The molecule has 3 heteroatoms. The Morgan fingerprint density at radius 3 is 2.75 bits per heavy atom. The Bertz CT molecular complexity index is 614. The summed E-state index contributed by atoms with van der Waals surface area (Å²) in [7, 11) is 0. The van der Waals surface area contributed by atoms with Gasteiger partial charge in [0, 0.05) is 11.7 Å². The third kappa shape index (κ3) is 1.37. The van der Waals surface area contributed by atoms with Gasteiger partial charge in [-0.25, -0.2) is 4.98 Å². The van der Waals surface area contributed by atoms with Crippen molar-refractivity contribution in [2.75, 3.05) is 5.32 Å². The van der Waals surface area contributed by atoms with E-state index in [1.54, 1.807) is 0 Å². The Morgan fingerprint density at radius 2 is 2.00 bits per heavy atom. The molecule has 3 nitrogen and oxygen atoms in total. The molecule has 0 saturated heterocycles. The van der Waals surface area contributed by atoms with Crippen molar-refractivity contribution in [2.45, 2.75) is 44.6 Å². The molecule has 4 unspecified atom stereocenters. The molecular weight excluding hydrogens is 246 g/mol. The summed E-state index contributed by atoms with van der Waals surface area (Å²) in [6.45, 7) is 0. The zero-order valence-corrected chi connectivity index (χ0v) is 11.6. The molecule has 0 amide bonds. The first-order valence-corrected chi connectivity index (χ1v) is 8.04. The molecule has 3 fully saturated rings. The van der Waals surface area contributed by atoms with E-state index < -0.39 is 0 Å². The van der Waals surface area contributed by atoms with Crippen LogP contribution in [-0.2, 0) is 12.8 Å². The number of rotatable bonds is 2. The Kier molecular flexibility index (Phi) is 2.09. The molecular formula is C17H19N3. The van der Waals surface area contributed by atoms with Crippen LogP contribution in [0.25, 0.3) is 0 Å². The summed E-state index contributed by atoms with van der Waals surface area (Å²) >= 11 is 0. The molecule has 0 aromatic carbocycles. The highest BCUT2D eigenvalue weighted by Gasteiger charge is 2.65. The minimum absolute atomic E-state index is 0.611. The summed E-state index contributed by atoms with van der Waals surface area (Å²) in [5, 5.41) is 13.0. The summed E-state index contributed by atoms with van der Waals surface area (Å²) in [4.78, 5) is 4.77. The lowest BCUT2D eigenvalue weighted by Gasteiger charge is -2.13. The van der Waals surface area contributed by atoms with Crippen LogP contribution < -0.4 is 5.32 Å².